The van der Waals surface area contributed by atoms with Crippen LogP contribution in [0.3, 0.4) is 0 Å². The van der Waals surface area contributed by atoms with Crippen LogP contribution in [0.15, 0.2) is 33.9 Å². The average molecular weight is 368 g/mol. The van der Waals surface area contributed by atoms with Gasteiger partial charge in [-0.1, -0.05) is 29.4 Å². The van der Waals surface area contributed by atoms with Crippen molar-refractivity contribution in [2.24, 2.45) is 0 Å². The second kappa shape index (κ2) is 8.03. The summed E-state index contributed by atoms with van der Waals surface area (Å²) in [4.78, 5) is 14.5. The van der Waals surface area contributed by atoms with Gasteiger partial charge in [-0.2, -0.15) is 0 Å². The summed E-state index contributed by atoms with van der Waals surface area (Å²) >= 11 is 7.25. The first-order chi connectivity index (χ1) is 11.3. The maximum atomic E-state index is 12.6. The summed E-state index contributed by atoms with van der Waals surface area (Å²) in [5.74, 6) is 0.455. The fraction of sp³-hybridized carbons (Fsp3) is 0.471. The van der Waals surface area contributed by atoms with Gasteiger partial charge in [0.1, 0.15) is 0 Å². The Kier molecular flexibility index (Phi) is 6.29. The number of nitrogens with zero attached hydrogens (tertiary/aromatic N) is 3. The van der Waals surface area contributed by atoms with E-state index in [0.717, 1.165) is 5.56 Å². The molecule has 0 radical (unpaired) electrons. The monoisotopic (exact) mass is 367 g/mol. The van der Waals surface area contributed by atoms with Gasteiger partial charge in [0.05, 0.1) is 5.25 Å². The summed E-state index contributed by atoms with van der Waals surface area (Å²) in [6, 6.07) is 7.50. The molecule has 2 aromatic rings. The first kappa shape index (κ1) is 18.8. The highest BCUT2D eigenvalue weighted by Crippen LogP contribution is 2.28. The van der Waals surface area contributed by atoms with Crippen molar-refractivity contribution in [3.05, 3.63) is 29.3 Å². The predicted molar refractivity (Wildman–Crippen MR) is 97.2 cm³/mol. The van der Waals surface area contributed by atoms with Crippen LogP contribution in [0.25, 0.3) is 11.5 Å². The summed E-state index contributed by atoms with van der Waals surface area (Å²) in [5.41, 5.74) is 0.756. The number of carbonyl (C=O) groups is 1. The number of amides is 1. The lowest BCUT2D eigenvalue weighted by atomic mass is 10.2. The molecule has 0 aliphatic rings. The van der Waals surface area contributed by atoms with Crippen molar-refractivity contribution in [1.82, 2.24) is 15.1 Å². The van der Waals surface area contributed by atoms with Gasteiger partial charge in [-0.25, -0.2) is 0 Å². The summed E-state index contributed by atoms with van der Waals surface area (Å²) in [7, 11) is 0. The molecule has 0 spiro atoms. The third-order valence-corrected chi connectivity index (χ3v) is 4.63. The van der Waals surface area contributed by atoms with Crippen molar-refractivity contribution in [2.45, 2.75) is 57.2 Å². The molecule has 0 unspecified atom stereocenters. The van der Waals surface area contributed by atoms with Crippen LogP contribution in [-0.4, -0.2) is 38.3 Å². The maximum absolute atomic E-state index is 12.6. The first-order valence-electron chi connectivity index (χ1n) is 7.88. The summed E-state index contributed by atoms with van der Waals surface area (Å²) in [6.07, 6.45) is 0. The molecule has 0 saturated carbocycles. The highest BCUT2D eigenvalue weighted by atomic mass is 35.5. The number of thioether (sulfide) groups is 1. The minimum atomic E-state index is -0.303. The fourth-order valence-corrected chi connectivity index (χ4v) is 3.44. The lowest BCUT2D eigenvalue weighted by molar-refractivity contribution is -0.133. The van der Waals surface area contributed by atoms with Crippen LogP contribution in [-0.2, 0) is 4.79 Å². The minimum Gasteiger partial charge on any atom is -0.411 e. The number of benzene rings is 1. The molecule has 7 heteroatoms. The van der Waals surface area contributed by atoms with E-state index in [1.54, 1.807) is 12.1 Å². The third kappa shape index (κ3) is 4.51. The molecule has 0 bridgehead atoms. The van der Waals surface area contributed by atoms with Crippen molar-refractivity contribution >= 4 is 29.3 Å². The van der Waals surface area contributed by atoms with Crippen molar-refractivity contribution in [1.29, 1.82) is 0 Å². The largest absolute Gasteiger partial charge is 0.411 e. The van der Waals surface area contributed by atoms with Crippen LogP contribution >= 0.6 is 23.4 Å². The van der Waals surface area contributed by atoms with E-state index < -0.39 is 0 Å². The highest BCUT2D eigenvalue weighted by molar-refractivity contribution is 8.00. The molecule has 0 N–H and O–H groups in total. The molecule has 0 fully saturated rings. The predicted octanol–water partition coefficient (Wildman–Crippen LogP) is 4.52. The molecule has 1 atom stereocenters. The van der Waals surface area contributed by atoms with Crippen molar-refractivity contribution in [3.8, 4) is 11.5 Å². The van der Waals surface area contributed by atoms with Crippen LogP contribution < -0.4 is 0 Å². The average Bonchev–Trinajstić information content (AvgIpc) is 2.95. The third-order valence-electron chi connectivity index (χ3n) is 3.47. The Bertz CT molecular complexity index is 695. The number of hydrogen-bond donors (Lipinski definition) is 0. The van der Waals surface area contributed by atoms with Crippen LogP contribution in [0, 0.1) is 0 Å². The molecule has 2 rings (SSSR count). The molecule has 130 valence electrons. The van der Waals surface area contributed by atoms with E-state index in [-0.39, 0.29) is 23.2 Å². The van der Waals surface area contributed by atoms with Gasteiger partial charge >= 0.3 is 0 Å². The molecule has 0 aliphatic heterocycles. The SMILES string of the molecule is CC(C)N(C(=O)[C@@H](C)Sc1nnc(-c2cccc(Cl)c2)o1)C(C)C. The lowest BCUT2D eigenvalue weighted by Gasteiger charge is -2.32. The Morgan fingerprint density at radius 3 is 2.42 bits per heavy atom. The molecule has 1 heterocycles. The molecule has 1 amide bonds. The van der Waals surface area contributed by atoms with Gasteiger partial charge < -0.3 is 9.32 Å². The standard InChI is InChI=1S/C17H22ClN3O2S/c1-10(2)21(11(3)4)16(22)12(5)24-17-20-19-15(23-17)13-7-6-8-14(18)9-13/h6-12H,1-5H3/t12-/m1/s1. The fourth-order valence-electron chi connectivity index (χ4n) is 2.51. The first-order valence-corrected chi connectivity index (χ1v) is 9.13. The van der Waals surface area contributed by atoms with Gasteiger partial charge in [0, 0.05) is 22.7 Å². The van der Waals surface area contributed by atoms with Crippen LogP contribution in [0.4, 0.5) is 0 Å². The molecule has 0 saturated heterocycles. The molecule has 24 heavy (non-hydrogen) atoms. The van der Waals surface area contributed by atoms with Gasteiger partial charge in [-0.3, -0.25) is 4.79 Å². The van der Waals surface area contributed by atoms with Crippen LogP contribution in [0.2, 0.25) is 5.02 Å². The normalized spacial score (nSPS) is 12.7. The van der Waals surface area contributed by atoms with Gasteiger partial charge in [-0.05, 0) is 52.8 Å². The molecule has 0 aliphatic carbocycles. The number of hydrogen-bond acceptors (Lipinski definition) is 5. The minimum absolute atomic E-state index is 0.0625. The topological polar surface area (TPSA) is 59.2 Å². The Morgan fingerprint density at radius 1 is 1.17 bits per heavy atom. The number of aromatic nitrogens is 2. The second-order valence-corrected chi connectivity index (χ2v) is 7.81. The van der Waals surface area contributed by atoms with E-state index in [9.17, 15) is 4.79 Å². The van der Waals surface area contributed by atoms with E-state index in [2.05, 4.69) is 10.2 Å². The van der Waals surface area contributed by atoms with Crippen LogP contribution in [0.5, 0.6) is 0 Å². The van der Waals surface area contributed by atoms with E-state index in [1.807, 2.05) is 51.7 Å². The molecular weight excluding hydrogens is 346 g/mol. The Morgan fingerprint density at radius 2 is 1.83 bits per heavy atom. The summed E-state index contributed by atoms with van der Waals surface area (Å²) in [5, 5.41) is 8.73. The van der Waals surface area contributed by atoms with Gasteiger partial charge in [0.25, 0.3) is 5.22 Å². The molecule has 1 aromatic heterocycles. The zero-order chi connectivity index (χ0) is 17.9. The smallest absolute Gasteiger partial charge is 0.277 e. The van der Waals surface area contributed by atoms with E-state index in [0.29, 0.717) is 16.1 Å². The molecule has 1 aromatic carbocycles. The maximum Gasteiger partial charge on any atom is 0.277 e. The quantitative estimate of drug-likeness (QED) is 0.702. The highest BCUT2D eigenvalue weighted by Gasteiger charge is 2.27. The van der Waals surface area contributed by atoms with Crippen molar-refractivity contribution < 1.29 is 9.21 Å². The lowest BCUT2D eigenvalue weighted by Crippen LogP contribution is -2.45. The van der Waals surface area contributed by atoms with E-state index in [4.69, 9.17) is 16.0 Å². The number of rotatable bonds is 6. The van der Waals surface area contributed by atoms with E-state index in [1.165, 1.54) is 11.8 Å². The van der Waals surface area contributed by atoms with E-state index >= 15 is 0 Å². The molecule has 5 nitrogen and oxygen atoms in total. The Balaban J connectivity index is 2.10. The Labute approximate surface area is 151 Å². The Hall–Kier alpha value is -1.53. The van der Waals surface area contributed by atoms with Crippen molar-refractivity contribution in [3.63, 3.8) is 0 Å². The molecular formula is C17H22ClN3O2S. The zero-order valence-electron chi connectivity index (χ0n) is 14.5. The zero-order valence-corrected chi connectivity index (χ0v) is 16.1. The second-order valence-electron chi connectivity index (χ2n) is 6.08. The van der Waals surface area contributed by atoms with Gasteiger partial charge in [0.2, 0.25) is 11.8 Å². The van der Waals surface area contributed by atoms with Crippen LogP contribution in [0.1, 0.15) is 34.6 Å². The number of halogens is 1. The van der Waals surface area contributed by atoms with Gasteiger partial charge in [-0.15, -0.1) is 10.2 Å². The summed E-state index contributed by atoms with van der Waals surface area (Å²) < 4.78 is 5.66. The van der Waals surface area contributed by atoms with Crippen molar-refractivity contribution in [2.75, 3.05) is 0 Å². The summed E-state index contributed by atoms with van der Waals surface area (Å²) in [6.45, 7) is 9.91. The van der Waals surface area contributed by atoms with Gasteiger partial charge in [0.15, 0.2) is 0 Å². The number of carbonyl (C=O) groups excluding carboxylic acids is 1.